The van der Waals surface area contributed by atoms with Gasteiger partial charge in [0.2, 0.25) is 0 Å². The molecule has 0 heterocycles. The van der Waals surface area contributed by atoms with Gasteiger partial charge in [0.05, 0.1) is 5.56 Å². The average molecular weight is 273 g/mol. The van der Waals surface area contributed by atoms with E-state index in [1.165, 1.54) is 12.1 Å². The molecule has 0 aliphatic rings. The van der Waals surface area contributed by atoms with Crippen LogP contribution in [0.25, 0.3) is 0 Å². The van der Waals surface area contributed by atoms with Gasteiger partial charge in [-0.1, -0.05) is 38.5 Å². The molecule has 1 aromatic carbocycles. The van der Waals surface area contributed by atoms with Crippen LogP contribution in [-0.2, 0) is 12.7 Å². The molecule has 1 N–H and O–H groups in total. The SMILES string of the molecule is CCC(C)CC(C)NCc1ccccc1C(F)(F)F. The molecule has 0 aliphatic carbocycles. The Morgan fingerprint density at radius 2 is 1.79 bits per heavy atom. The van der Waals surface area contributed by atoms with Crippen molar-refractivity contribution in [2.24, 2.45) is 5.92 Å². The predicted octanol–water partition coefficient (Wildman–Crippen LogP) is 4.62. The lowest BCUT2D eigenvalue weighted by molar-refractivity contribution is -0.138. The number of halogens is 3. The van der Waals surface area contributed by atoms with Crippen molar-refractivity contribution in [1.29, 1.82) is 0 Å². The Hall–Kier alpha value is -1.03. The lowest BCUT2D eigenvalue weighted by atomic mass is 10.00. The van der Waals surface area contributed by atoms with Crippen molar-refractivity contribution in [2.45, 2.75) is 52.4 Å². The summed E-state index contributed by atoms with van der Waals surface area (Å²) in [5.41, 5.74) is -0.232. The maximum absolute atomic E-state index is 12.8. The second kappa shape index (κ2) is 6.94. The molecule has 1 rings (SSSR count). The molecular formula is C15H22F3N. The van der Waals surface area contributed by atoms with E-state index in [1.54, 1.807) is 6.07 Å². The molecule has 2 atom stereocenters. The molecule has 0 amide bonds. The molecule has 0 radical (unpaired) electrons. The van der Waals surface area contributed by atoms with Crippen molar-refractivity contribution in [3.05, 3.63) is 35.4 Å². The number of rotatable bonds is 6. The van der Waals surface area contributed by atoms with Crippen LogP contribution in [0, 0.1) is 5.92 Å². The molecule has 1 nitrogen and oxygen atoms in total. The zero-order valence-corrected chi connectivity index (χ0v) is 11.7. The third-order valence-electron chi connectivity index (χ3n) is 3.42. The summed E-state index contributed by atoms with van der Waals surface area (Å²) in [7, 11) is 0. The number of hydrogen-bond donors (Lipinski definition) is 1. The minimum Gasteiger partial charge on any atom is -0.310 e. The molecule has 0 fully saturated rings. The lowest BCUT2D eigenvalue weighted by Crippen LogP contribution is -2.28. The van der Waals surface area contributed by atoms with E-state index in [2.05, 4.69) is 19.2 Å². The molecule has 1 aromatic rings. The van der Waals surface area contributed by atoms with Crippen LogP contribution >= 0.6 is 0 Å². The highest BCUT2D eigenvalue weighted by Crippen LogP contribution is 2.31. The van der Waals surface area contributed by atoms with Crippen LogP contribution in [0.5, 0.6) is 0 Å². The van der Waals surface area contributed by atoms with Gasteiger partial charge in [0.25, 0.3) is 0 Å². The number of nitrogens with one attached hydrogen (secondary N) is 1. The highest BCUT2D eigenvalue weighted by atomic mass is 19.4. The first-order chi connectivity index (χ1) is 8.84. The van der Waals surface area contributed by atoms with E-state index in [4.69, 9.17) is 0 Å². The molecular weight excluding hydrogens is 251 g/mol. The van der Waals surface area contributed by atoms with Crippen molar-refractivity contribution in [3.63, 3.8) is 0 Å². The first-order valence-corrected chi connectivity index (χ1v) is 6.73. The Bertz CT molecular complexity index is 387. The summed E-state index contributed by atoms with van der Waals surface area (Å²) in [6.45, 7) is 6.55. The minimum absolute atomic E-state index is 0.219. The van der Waals surface area contributed by atoms with E-state index in [-0.39, 0.29) is 12.6 Å². The van der Waals surface area contributed by atoms with Crippen LogP contribution < -0.4 is 5.32 Å². The third kappa shape index (κ3) is 5.23. The van der Waals surface area contributed by atoms with E-state index in [0.717, 1.165) is 18.9 Å². The highest BCUT2D eigenvalue weighted by Gasteiger charge is 2.32. The van der Waals surface area contributed by atoms with Gasteiger partial charge in [0.1, 0.15) is 0 Å². The van der Waals surface area contributed by atoms with Gasteiger partial charge in [-0.15, -0.1) is 0 Å². The number of hydrogen-bond acceptors (Lipinski definition) is 1. The molecule has 0 aliphatic heterocycles. The van der Waals surface area contributed by atoms with Crippen LogP contribution in [0.1, 0.15) is 44.7 Å². The van der Waals surface area contributed by atoms with E-state index in [1.807, 2.05) is 6.92 Å². The summed E-state index contributed by atoms with van der Waals surface area (Å²) < 4.78 is 38.4. The summed E-state index contributed by atoms with van der Waals surface area (Å²) in [6.07, 6.45) is -2.21. The van der Waals surface area contributed by atoms with Gasteiger partial charge in [-0.25, -0.2) is 0 Å². The minimum atomic E-state index is -4.28. The number of alkyl halides is 3. The Morgan fingerprint density at radius 1 is 1.16 bits per heavy atom. The summed E-state index contributed by atoms with van der Waals surface area (Å²) in [5.74, 6) is 0.584. The fraction of sp³-hybridized carbons (Fsp3) is 0.600. The monoisotopic (exact) mass is 273 g/mol. The molecule has 0 spiro atoms. The molecule has 2 unspecified atom stereocenters. The Labute approximate surface area is 113 Å². The fourth-order valence-electron chi connectivity index (χ4n) is 2.09. The van der Waals surface area contributed by atoms with Crippen LogP contribution in [0.3, 0.4) is 0 Å². The maximum Gasteiger partial charge on any atom is 0.416 e. The summed E-state index contributed by atoms with van der Waals surface area (Å²) in [6, 6.07) is 5.96. The third-order valence-corrected chi connectivity index (χ3v) is 3.42. The second-order valence-electron chi connectivity index (χ2n) is 5.19. The number of benzene rings is 1. The lowest BCUT2D eigenvalue weighted by Gasteiger charge is -2.19. The van der Waals surface area contributed by atoms with Crippen molar-refractivity contribution in [2.75, 3.05) is 0 Å². The van der Waals surface area contributed by atoms with Gasteiger partial charge in [-0.3, -0.25) is 0 Å². The highest BCUT2D eigenvalue weighted by molar-refractivity contribution is 5.29. The molecule has 19 heavy (non-hydrogen) atoms. The Morgan fingerprint density at radius 3 is 2.37 bits per heavy atom. The second-order valence-corrected chi connectivity index (χ2v) is 5.19. The van der Waals surface area contributed by atoms with Gasteiger partial charge < -0.3 is 5.32 Å². The van der Waals surface area contributed by atoms with Crippen LogP contribution in [0.4, 0.5) is 13.2 Å². The van der Waals surface area contributed by atoms with Gasteiger partial charge >= 0.3 is 6.18 Å². The average Bonchev–Trinajstić information content (AvgIpc) is 2.35. The van der Waals surface area contributed by atoms with E-state index in [9.17, 15) is 13.2 Å². The van der Waals surface area contributed by atoms with E-state index < -0.39 is 11.7 Å². The largest absolute Gasteiger partial charge is 0.416 e. The Kier molecular flexibility index (Phi) is 5.85. The van der Waals surface area contributed by atoms with Crippen molar-refractivity contribution >= 4 is 0 Å². The zero-order valence-electron chi connectivity index (χ0n) is 11.7. The summed E-state index contributed by atoms with van der Waals surface area (Å²) in [4.78, 5) is 0. The first-order valence-electron chi connectivity index (χ1n) is 6.73. The van der Waals surface area contributed by atoms with Gasteiger partial charge in [0, 0.05) is 12.6 Å². The zero-order chi connectivity index (χ0) is 14.5. The predicted molar refractivity (Wildman–Crippen MR) is 71.8 cm³/mol. The van der Waals surface area contributed by atoms with E-state index in [0.29, 0.717) is 11.5 Å². The summed E-state index contributed by atoms with van der Waals surface area (Å²) in [5, 5.41) is 3.18. The van der Waals surface area contributed by atoms with Crippen molar-refractivity contribution in [3.8, 4) is 0 Å². The normalized spacial score (nSPS) is 15.3. The van der Waals surface area contributed by atoms with Crippen molar-refractivity contribution in [1.82, 2.24) is 5.32 Å². The standard InChI is InChI=1S/C15H22F3N/c1-4-11(2)9-12(3)19-10-13-7-5-6-8-14(13)15(16,17)18/h5-8,11-12,19H,4,9-10H2,1-3H3. The molecule has 0 saturated heterocycles. The van der Waals surface area contributed by atoms with Gasteiger partial charge in [-0.05, 0) is 30.9 Å². The Balaban J connectivity index is 2.63. The first kappa shape index (κ1) is 16.0. The van der Waals surface area contributed by atoms with Crippen LogP contribution in [-0.4, -0.2) is 6.04 Å². The molecule has 0 bridgehead atoms. The smallest absolute Gasteiger partial charge is 0.310 e. The maximum atomic E-state index is 12.8. The van der Waals surface area contributed by atoms with Gasteiger partial charge in [-0.2, -0.15) is 13.2 Å². The molecule has 0 saturated carbocycles. The fourth-order valence-corrected chi connectivity index (χ4v) is 2.09. The van der Waals surface area contributed by atoms with Crippen LogP contribution in [0.15, 0.2) is 24.3 Å². The van der Waals surface area contributed by atoms with E-state index >= 15 is 0 Å². The van der Waals surface area contributed by atoms with Gasteiger partial charge in [0.15, 0.2) is 0 Å². The van der Waals surface area contributed by atoms with Crippen molar-refractivity contribution < 1.29 is 13.2 Å². The topological polar surface area (TPSA) is 12.0 Å². The molecule has 108 valence electrons. The van der Waals surface area contributed by atoms with Crippen LogP contribution in [0.2, 0.25) is 0 Å². The quantitative estimate of drug-likeness (QED) is 0.797. The molecule has 0 aromatic heterocycles. The summed E-state index contributed by atoms with van der Waals surface area (Å²) >= 11 is 0. The molecule has 4 heteroatoms.